The predicted molar refractivity (Wildman–Crippen MR) is 167 cm³/mol. The van der Waals surface area contributed by atoms with E-state index in [4.69, 9.17) is 14.9 Å². The number of carbonyl (C=O) groups is 3. The lowest BCUT2D eigenvalue weighted by Crippen LogP contribution is -2.46. The quantitative estimate of drug-likeness (QED) is 0.288. The van der Waals surface area contributed by atoms with Gasteiger partial charge in [0.15, 0.2) is 5.17 Å². The maximum absolute atomic E-state index is 13.1. The number of methoxy groups -OCH3 is 1. The van der Waals surface area contributed by atoms with Crippen molar-refractivity contribution in [2.75, 3.05) is 19.4 Å². The average Bonchev–Trinajstić information content (AvgIpc) is 3.34. The van der Waals surface area contributed by atoms with Gasteiger partial charge >= 0.3 is 0 Å². The minimum atomic E-state index is -3.77. The van der Waals surface area contributed by atoms with Crippen LogP contribution in [0.25, 0.3) is 0 Å². The van der Waals surface area contributed by atoms with Gasteiger partial charge in [-0.3, -0.25) is 19.3 Å². The molecular weight excluding hydrogens is 605 g/mol. The number of thioether (sulfide) groups is 1. The van der Waals surface area contributed by atoms with Crippen molar-refractivity contribution in [3.05, 3.63) is 89.5 Å². The lowest BCUT2D eigenvalue weighted by molar-refractivity contribution is -0.126. The van der Waals surface area contributed by atoms with Gasteiger partial charge in [-0.2, -0.15) is 4.99 Å². The number of sulfonamides is 1. The van der Waals surface area contributed by atoms with Crippen molar-refractivity contribution in [2.24, 2.45) is 15.1 Å². The van der Waals surface area contributed by atoms with E-state index in [1.807, 2.05) is 36.4 Å². The molecule has 12 nitrogen and oxygen atoms in total. The Bertz CT molecular complexity index is 1760. The Morgan fingerprint density at radius 2 is 1.70 bits per heavy atom. The summed E-state index contributed by atoms with van der Waals surface area (Å²) in [7, 11) is -2.22. The van der Waals surface area contributed by atoms with E-state index in [-0.39, 0.29) is 35.4 Å². The molecule has 0 aliphatic carbocycles. The van der Waals surface area contributed by atoms with Gasteiger partial charge in [-0.25, -0.2) is 18.5 Å². The summed E-state index contributed by atoms with van der Waals surface area (Å²) in [5, 5.41) is 11.2. The second kappa shape index (κ2) is 13.4. The Labute approximate surface area is 258 Å². The van der Waals surface area contributed by atoms with Crippen LogP contribution in [-0.2, 0) is 37.4 Å². The van der Waals surface area contributed by atoms with E-state index >= 15 is 0 Å². The first-order chi connectivity index (χ1) is 21.1. The molecule has 1 atom stereocenters. The molecule has 0 aromatic heterocycles. The van der Waals surface area contributed by atoms with Gasteiger partial charge in [0.05, 0.1) is 29.9 Å². The van der Waals surface area contributed by atoms with Crippen LogP contribution < -0.4 is 20.5 Å². The van der Waals surface area contributed by atoms with Gasteiger partial charge in [-0.1, -0.05) is 54.2 Å². The van der Waals surface area contributed by atoms with Crippen LogP contribution in [-0.4, -0.2) is 67.5 Å². The maximum Gasteiger partial charge on any atom is 0.271 e. The van der Waals surface area contributed by atoms with Crippen LogP contribution in [0.15, 0.2) is 87.7 Å². The number of hydrogen-bond acceptors (Lipinski definition) is 9. The normalized spacial score (nSPS) is 15.5. The van der Waals surface area contributed by atoms with Crippen molar-refractivity contribution in [1.82, 2.24) is 15.5 Å². The van der Waals surface area contributed by atoms with Crippen LogP contribution in [0.1, 0.15) is 23.1 Å². The highest BCUT2D eigenvalue weighted by Crippen LogP contribution is 2.35. The van der Waals surface area contributed by atoms with E-state index in [1.54, 1.807) is 36.3 Å². The minimum Gasteiger partial charge on any atom is -0.496 e. The third kappa shape index (κ3) is 7.15. The Hall–Kier alpha value is -4.53. The number of nitrogens with two attached hydrogens (primary N) is 1. The number of rotatable bonds is 11. The second-order valence-electron chi connectivity index (χ2n) is 9.94. The summed E-state index contributed by atoms with van der Waals surface area (Å²) in [6.45, 7) is 0.555. The van der Waals surface area contributed by atoms with E-state index in [0.29, 0.717) is 41.0 Å². The van der Waals surface area contributed by atoms with Crippen LogP contribution in [0.2, 0.25) is 0 Å². The number of nitrogens with zero attached hydrogens (tertiary/aromatic N) is 3. The van der Waals surface area contributed by atoms with E-state index in [1.165, 1.54) is 12.1 Å². The molecular formula is C30H30N6O6S2. The van der Waals surface area contributed by atoms with Gasteiger partial charge in [-0.05, 0) is 42.3 Å². The Morgan fingerprint density at radius 1 is 0.977 bits per heavy atom. The monoisotopic (exact) mass is 634 g/mol. The Morgan fingerprint density at radius 3 is 2.45 bits per heavy atom. The maximum atomic E-state index is 13.1. The molecule has 2 heterocycles. The first kappa shape index (κ1) is 30.9. The fourth-order valence-corrected chi connectivity index (χ4v) is 6.16. The van der Waals surface area contributed by atoms with E-state index < -0.39 is 22.0 Å². The Kier molecular flexibility index (Phi) is 9.42. The van der Waals surface area contributed by atoms with Crippen molar-refractivity contribution in [3.63, 3.8) is 0 Å². The first-order valence-corrected chi connectivity index (χ1v) is 16.2. The zero-order valence-corrected chi connectivity index (χ0v) is 25.4. The van der Waals surface area contributed by atoms with Crippen molar-refractivity contribution in [3.8, 4) is 5.75 Å². The number of ether oxygens (including phenoxy) is 1. The van der Waals surface area contributed by atoms with Crippen LogP contribution in [0.3, 0.4) is 0 Å². The lowest BCUT2D eigenvalue weighted by Gasteiger charge is -2.30. The van der Waals surface area contributed by atoms with Gasteiger partial charge in [0.1, 0.15) is 17.6 Å². The molecule has 3 aromatic rings. The standard InChI is InChI=1S/C30H30N6O6S2/c1-42-25-9-5-2-6-20(25)17-33-26(37)16-24-29(39)35-28-22-7-3-4-8-23(22)34-30(36(24)28)43-18-27(38)32-15-14-19-10-12-21(13-11-19)44(31,40)41/h2-13,24H,14-18H2,1H3,(H,32,38)(H,33,37)(H2,31,40,41). The zero-order valence-electron chi connectivity index (χ0n) is 23.7. The van der Waals surface area contributed by atoms with Crippen LogP contribution in [0, 0.1) is 0 Å². The molecule has 0 saturated heterocycles. The van der Waals surface area contributed by atoms with Gasteiger partial charge in [0, 0.05) is 24.2 Å². The van der Waals surface area contributed by atoms with Crippen LogP contribution in [0.4, 0.5) is 5.69 Å². The molecule has 0 fully saturated rings. The van der Waals surface area contributed by atoms with Gasteiger partial charge in [0.2, 0.25) is 21.8 Å². The van der Waals surface area contributed by atoms with Gasteiger partial charge < -0.3 is 15.4 Å². The molecule has 0 spiro atoms. The number of amidine groups is 2. The van der Waals surface area contributed by atoms with Crippen LogP contribution >= 0.6 is 11.8 Å². The molecule has 0 bridgehead atoms. The average molecular weight is 635 g/mol. The molecule has 3 aromatic carbocycles. The largest absolute Gasteiger partial charge is 0.496 e. The number of primary sulfonamides is 1. The van der Waals surface area contributed by atoms with Crippen molar-refractivity contribution < 1.29 is 27.5 Å². The molecule has 2 aliphatic heterocycles. The van der Waals surface area contributed by atoms with Crippen molar-refractivity contribution in [1.29, 1.82) is 0 Å². The van der Waals surface area contributed by atoms with Gasteiger partial charge in [-0.15, -0.1) is 0 Å². The second-order valence-corrected chi connectivity index (χ2v) is 12.4. The van der Waals surface area contributed by atoms with Gasteiger partial charge in [0.25, 0.3) is 5.91 Å². The highest BCUT2D eigenvalue weighted by molar-refractivity contribution is 8.14. The summed E-state index contributed by atoms with van der Waals surface area (Å²) in [5.74, 6) is -0.0104. The number of nitrogens with one attached hydrogen (secondary N) is 2. The summed E-state index contributed by atoms with van der Waals surface area (Å²) in [6, 6.07) is 19.8. The molecule has 3 amide bonds. The third-order valence-electron chi connectivity index (χ3n) is 6.98. The highest BCUT2D eigenvalue weighted by Gasteiger charge is 2.42. The first-order valence-electron chi connectivity index (χ1n) is 13.6. The van der Waals surface area contributed by atoms with E-state index in [2.05, 4.69) is 15.6 Å². The molecule has 1 unspecified atom stereocenters. The number of carbonyl (C=O) groups excluding carboxylic acids is 3. The van der Waals surface area contributed by atoms with Crippen molar-refractivity contribution >= 4 is 56.2 Å². The topological polar surface area (TPSA) is 173 Å². The molecule has 5 rings (SSSR count). The predicted octanol–water partition coefficient (Wildman–Crippen LogP) is 2.10. The minimum absolute atomic E-state index is 0.00996. The zero-order chi connectivity index (χ0) is 31.3. The summed E-state index contributed by atoms with van der Waals surface area (Å²) in [4.78, 5) is 49.4. The molecule has 0 saturated carbocycles. The number of benzene rings is 3. The smallest absolute Gasteiger partial charge is 0.271 e. The fraction of sp³-hybridized carbons (Fsp3) is 0.233. The highest BCUT2D eigenvalue weighted by atomic mass is 32.2. The summed E-state index contributed by atoms with van der Waals surface area (Å²) in [6.07, 6.45) is 0.332. The fourth-order valence-electron chi connectivity index (χ4n) is 4.77. The van der Waals surface area contributed by atoms with Crippen molar-refractivity contribution in [2.45, 2.75) is 30.3 Å². The summed E-state index contributed by atoms with van der Waals surface area (Å²) in [5.41, 5.74) is 2.92. The molecule has 44 heavy (non-hydrogen) atoms. The summed E-state index contributed by atoms with van der Waals surface area (Å²) >= 11 is 1.15. The van der Waals surface area contributed by atoms with Crippen LogP contribution in [0.5, 0.6) is 5.75 Å². The number of fused-ring (bicyclic) bond motifs is 3. The Balaban J connectivity index is 1.22. The summed E-state index contributed by atoms with van der Waals surface area (Å²) < 4.78 is 28.2. The number of amides is 3. The van der Waals surface area contributed by atoms with E-state index in [0.717, 1.165) is 22.9 Å². The number of aliphatic imine (C=N–C) groups is 2. The lowest BCUT2D eigenvalue weighted by atomic mass is 10.1. The number of hydrogen-bond donors (Lipinski definition) is 3. The molecule has 14 heteroatoms. The molecule has 4 N–H and O–H groups in total. The molecule has 2 aliphatic rings. The number of para-hydroxylation sites is 2. The SMILES string of the molecule is COc1ccccc1CNC(=O)CC1C(=O)N=C2c3ccccc3N=C(SCC(=O)NCCc3ccc(S(N)(=O)=O)cc3)N21. The van der Waals surface area contributed by atoms with E-state index in [9.17, 15) is 22.8 Å². The molecule has 228 valence electrons. The third-order valence-corrected chi connectivity index (χ3v) is 8.86. The molecule has 0 radical (unpaired) electrons.